The van der Waals surface area contributed by atoms with Crippen molar-refractivity contribution < 1.29 is 4.74 Å². The van der Waals surface area contributed by atoms with Crippen LogP contribution in [0.15, 0.2) is 60.0 Å². The summed E-state index contributed by atoms with van der Waals surface area (Å²) in [5.41, 5.74) is 2.47. The van der Waals surface area contributed by atoms with Crippen LogP contribution in [-0.2, 0) is 6.61 Å². The van der Waals surface area contributed by atoms with Crippen LogP contribution in [0.3, 0.4) is 0 Å². The molecule has 1 aromatic heterocycles. The van der Waals surface area contributed by atoms with E-state index in [1.54, 1.807) is 17.4 Å². The summed E-state index contributed by atoms with van der Waals surface area (Å²) in [6.45, 7) is 0.451. The largest absolute Gasteiger partial charge is 0.486 e. The Bertz CT molecular complexity index is 775. The lowest BCUT2D eigenvalue weighted by molar-refractivity contribution is 0.305. The molecule has 3 aromatic rings. The smallest absolute Gasteiger partial charge is 0.140 e. The molecule has 0 bridgehead atoms. The fraction of sp³-hybridized carbons (Fsp3) is 0.0588. The van der Waals surface area contributed by atoms with Crippen molar-refractivity contribution in [3.8, 4) is 23.1 Å². The molecule has 3 rings (SSSR count). The Balaban J connectivity index is 1.73. The standard InChI is InChI=1S/C17H12N2OS/c18-10-13-5-4-6-14(9-13)16-12-21-17(19-16)11-20-15-7-2-1-3-8-15/h1-9,12H,11H2. The second-order valence-corrected chi connectivity index (χ2v) is 5.36. The molecule has 0 N–H and O–H groups in total. The molecule has 3 nitrogen and oxygen atoms in total. The van der Waals surface area contributed by atoms with Crippen molar-refractivity contribution in [1.82, 2.24) is 4.98 Å². The van der Waals surface area contributed by atoms with Gasteiger partial charge in [-0.2, -0.15) is 5.26 Å². The quantitative estimate of drug-likeness (QED) is 0.721. The fourth-order valence-electron chi connectivity index (χ4n) is 1.92. The van der Waals surface area contributed by atoms with E-state index in [1.165, 1.54) is 0 Å². The number of rotatable bonds is 4. The summed E-state index contributed by atoms with van der Waals surface area (Å²) < 4.78 is 5.68. The Hall–Kier alpha value is -2.64. The van der Waals surface area contributed by atoms with Crippen molar-refractivity contribution in [2.75, 3.05) is 0 Å². The van der Waals surface area contributed by atoms with E-state index in [-0.39, 0.29) is 0 Å². The molecule has 21 heavy (non-hydrogen) atoms. The van der Waals surface area contributed by atoms with E-state index in [4.69, 9.17) is 10.00 Å². The first-order valence-electron chi connectivity index (χ1n) is 6.48. The summed E-state index contributed by atoms with van der Waals surface area (Å²) in [5, 5.41) is 11.8. The van der Waals surface area contributed by atoms with E-state index in [2.05, 4.69) is 11.1 Å². The molecule has 1 heterocycles. The van der Waals surface area contributed by atoms with Gasteiger partial charge < -0.3 is 4.74 Å². The van der Waals surface area contributed by atoms with Crippen LogP contribution < -0.4 is 4.74 Å². The third kappa shape index (κ3) is 3.28. The van der Waals surface area contributed by atoms with Crippen molar-refractivity contribution in [2.45, 2.75) is 6.61 Å². The maximum atomic E-state index is 8.94. The van der Waals surface area contributed by atoms with Crippen LogP contribution >= 0.6 is 11.3 Å². The SMILES string of the molecule is N#Cc1cccc(-c2csc(COc3ccccc3)n2)c1. The maximum Gasteiger partial charge on any atom is 0.140 e. The van der Waals surface area contributed by atoms with Gasteiger partial charge in [-0.25, -0.2) is 4.98 Å². The van der Waals surface area contributed by atoms with E-state index in [9.17, 15) is 0 Å². The lowest BCUT2D eigenvalue weighted by atomic mass is 10.1. The third-order valence-corrected chi connectivity index (χ3v) is 3.77. The Morgan fingerprint density at radius 1 is 1.10 bits per heavy atom. The Kier molecular flexibility index (Phi) is 3.95. The van der Waals surface area contributed by atoms with Gasteiger partial charge in [-0.3, -0.25) is 0 Å². The highest BCUT2D eigenvalue weighted by molar-refractivity contribution is 7.09. The minimum atomic E-state index is 0.451. The number of aromatic nitrogens is 1. The van der Waals surface area contributed by atoms with Crippen LogP contribution in [-0.4, -0.2) is 4.98 Å². The first-order valence-corrected chi connectivity index (χ1v) is 7.36. The zero-order valence-corrected chi connectivity index (χ0v) is 12.0. The zero-order chi connectivity index (χ0) is 14.5. The molecular weight excluding hydrogens is 280 g/mol. The van der Waals surface area contributed by atoms with E-state index in [1.807, 2.05) is 53.9 Å². The van der Waals surface area contributed by atoms with Crippen molar-refractivity contribution in [3.63, 3.8) is 0 Å². The van der Waals surface area contributed by atoms with E-state index >= 15 is 0 Å². The van der Waals surface area contributed by atoms with Gasteiger partial charge in [-0.05, 0) is 24.3 Å². The Morgan fingerprint density at radius 2 is 1.95 bits per heavy atom. The average Bonchev–Trinajstić information content (AvgIpc) is 3.03. The molecule has 0 aliphatic carbocycles. The summed E-state index contributed by atoms with van der Waals surface area (Å²) in [7, 11) is 0. The Morgan fingerprint density at radius 3 is 2.76 bits per heavy atom. The highest BCUT2D eigenvalue weighted by atomic mass is 32.1. The summed E-state index contributed by atoms with van der Waals surface area (Å²) in [5.74, 6) is 0.834. The monoisotopic (exact) mass is 292 g/mol. The number of benzene rings is 2. The summed E-state index contributed by atoms with van der Waals surface area (Å²) in [6.07, 6.45) is 0. The van der Waals surface area contributed by atoms with Gasteiger partial charge in [-0.1, -0.05) is 30.3 Å². The topological polar surface area (TPSA) is 45.9 Å². The van der Waals surface area contributed by atoms with Gasteiger partial charge in [0.15, 0.2) is 0 Å². The molecule has 0 aliphatic rings. The number of hydrogen-bond donors (Lipinski definition) is 0. The van der Waals surface area contributed by atoms with Crippen molar-refractivity contribution in [1.29, 1.82) is 5.26 Å². The first-order chi connectivity index (χ1) is 10.3. The first kappa shape index (κ1) is 13.3. The Labute approximate surface area is 127 Å². The van der Waals surface area contributed by atoms with Crippen molar-refractivity contribution >= 4 is 11.3 Å². The number of para-hydroxylation sites is 1. The summed E-state index contributed by atoms with van der Waals surface area (Å²) >= 11 is 1.56. The molecule has 4 heteroatoms. The summed E-state index contributed by atoms with van der Waals surface area (Å²) in [6, 6.07) is 19.3. The second-order valence-electron chi connectivity index (χ2n) is 4.42. The molecule has 0 fully saturated rings. The number of nitrogens with zero attached hydrogens (tertiary/aromatic N) is 2. The lowest BCUT2D eigenvalue weighted by Crippen LogP contribution is -1.94. The highest BCUT2D eigenvalue weighted by Crippen LogP contribution is 2.23. The van der Waals surface area contributed by atoms with Crippen LogP contribution in [0.5, 0.6) is 5.75 Å². The predicted molar refractivity (Wildman–Crippen MR) is 83.0 cm³/mol. The molecule has 0 spiro atoms. The van der Waals surface area contributed by atoms with Gasteiger partial charge in [0.25, 0.3) is 0 Å². The van der Waals surface area contributed by atoms with E-state index in [0.29, 0.717) is 12.2 Å². The average molecular weight is 292 g/mol. The van der Waals surface area contributed by atoms with Crippen LogP contribution in [0.4, 0.5) is 0 Å². The minimum Gasteiger partial charge on any atom is -0.486 e. The number of hydrogen-bond acceptors (Lipinski definition) is 4. The molecular formula is C17H12N2OS. The van der Waals surface area contributed by atoms with Gasteiger partial charge in [0.05, 0.1) is 17.3 Å². The lowest BCUT2D eigenvalue weighted by Gasteiger charge is -2.02. The highest BCUT2D eigenvalue weighted by Gasteiger charge is 2.06. The van der Waals surface area contributed by atoms with Crippen LogP contribution in [0.2, 0.25) is 0 Å². The molecule has 102 valence electrons. The molecule has 0 unspecified atom stereocenters. The molecule has 0 atom stereocenters. The van der Waals surface area contributed by atoms with Gasteiger partial charge >= 0.3 is 0 Å². The maximum absolute atomic E-state index is 8.94. The molecule has 0 saturated carbocycles. The number of thiazole rings is 1. The molecule has 0 amide bonds. The van der Waals surface area contributed by atoms with Gasteiger partial charge in [0.2, 0.25) is 0 Å². The molecule has 0 radical (unpaired) electrons. The van der Waals surface area contributed by atoms with Crippen LogP contribution in [0.1, 0.15) is 10.6 Å². The molecule has 2 aromatic carbocycles. The zero-order valence-electron chi connectivity index (χ0n) is 11.2. The number of nitriles is 1. The third-order valence-electron chi connectivity index (χ3n) is 2.94. The van der Waals surface area contributed by atoms with Crippen LogP contribution in [0.25, 0.3) is 11.3 Å². The van der Waals surface area contributed by atoms with Gasteiger partial charge in [0.1, 0.15) is 17.4 Å². The van der Waals surface area contributed by atoms with Gasteiger partial charge in [0, 0.05) is 10.9 Å². The molecule has 0 saturated heterocycles. The normalized spacial score (nSPS) is 10.0. The molecule has 0 aliphatic heterocycles. The van der Waals surface area contributed by atoms with Gasteiger partial charge in [-0.15, -0.1) is 11.3 Å². The van der Waals surface area contributed by atoms with E-state index < -0.39 is 0 Å². The summed E-state index contributed by atoms with van der Waals surface area (Å²) in [4.78, 5) is 4.56. The van der Waals surface area contributed by atoms with Crippen molar-refractivity contribution in [2.24, 2.45) is 0 Å². The van der Waals surface area contributed by atoms with Crippen LogP contribution in [0, 0.1) is 11.3 Å². The minimum absolute atomic E-state index is 0.451. The number of ether oxygens (including phenoxy) is 1. The van der Waals surface area contributed by atoms with E-state index in [0.717, 1.165) is 22.0 Å². The fourth-order valence-corrected chi connectivity index (χ4v) is 2.63. The second kappa shape index (κ2) is 6.21. The van der Waals surface area contributed by atoms with Crippen molar-refractivity contribution in [3.05, 3.63) is 70.5 Å². The predicted octanol–water partition coefficient (Wildman–Crippen LogP) is 4.26.